The van der Waals surface area contributed by atoms with E-state index in [9.17, 15) is 23.1 Å². The number of rotatable bonds is 3. The van der Waals surface area contributed by atoms with E-state index < -0.39 is 29.8 Å². The van der Waals surface area contributed by atoms with E-state index in [2.05, 4.69) is 10.3 Å². The Balaban J connectivity index is 1.86. The standard InChI is InChI=1S/C21H22F3N3O2/c1-12(27(2)3)25-16-8-7-13-10-18(28)19(17(13)11-16)26-20(29)14-5-4-6-15(9-14)21(22,23)24/h4-9,11,18-19,28H,10H2,1-3H3,(H,26,29). The number of hydrogen-bond acceptors (Lipinski definition) is 3. The van der Waals surface area contributed by atoms with Gasteiger partial charge in [-0.1, -0.05) is 12.1 Å². The van der Waals surface area contributed by atoms with Crippen LogP contribution in [0.4, 0.5) is 18.9 Å². The first kappa shape index (κ1) is 20.9. The van der Waals surface area contributed by atoms with Gasteiger partial charge in [0.05, 0.1) is 23.4 Å². The zero-order chi connectivity index (χ0) is 21.3. The minimum absolute atomic E-state index is 0.113. The highest BCUT2D eigenvalue weighted by Crippen LogP contribution is 2.35. The van der Waals surface area contributed by atoms with Gasteiger partial charge in [0, 0.05) is 26.1 Å². The van der Waals surface area contributed by atoms with Gasteiger partial charge in [-0.3, -0.25) is 4.79 Å². The van der Waals surface area contributed by atoms with Crippen LogP contribution in [-0.4, -0.2) is 41.9 Å². The Bertz CT molecular complexity index is 954. The molecule has 0 saturated heterocycles. The van der Waals surface area contributed by atoms with Gasteiger partial charge in [0.15, 0.2) is 0 Å². The number of aliphatic hydroxyl groups is 1. The van der Waals surface area contributed by atoms with E-state index in [1.54, 1.807) is 6.07 Å². The van der Waals surface area contributed by atoms with Crippen LogP contribution < -0.4 is 5.32 Å². The zero-order valence-corrected chi connectivity index (χ0v) is 16.3. The minimum atomic E-state index is -4.53. The summed E-state index contributed by atoms with van der Waals surface area (Å²) in [6.07, 6.45) is -5.05. The van der Waals surface area contributed by atoms with Crippen molar-refractivity contribution in [1.29, 1.82) is 0 Å². The lowest BCUT2D eigenvalue weighted by molar-refractivity contribution is -0.137. The lowest BCUT2D eigenvalue weighted by Crippen LogP contribution is -2.34. The summed E-state index contributed by atoms with van der Waals surface area (Å²) in [4.78, 5) is 18.9. The molecular weight excluding hydrogens is 383 g/mol. The van der Waals surface area contributed by atoms with Gasteiger partial charge in [-0.25, -0.2) is 4.99 Å². The second kappa shape index (κ2) is 7.87. The largest absolute Gasteiger partial charge is 0.416 e. The number of nitrogens with one attached hydrogen (secondary N) is 1. The van der Waals surface area contributed by atoms with Crippen LogP contribution in [0.2, 0.25) is 0 Å². The molecule has 2 N–H and O–H groups in total. The molecule has 29 heavy (non-hydrogen) atoms. The van der Waals surface area contributed by atoms with Gasteiger partial charge in [-0.15, -0.1) is 0 Å². The first-order chi connectivity index (χ1) is 13.6. The lowest BCUT2D eigenvalue weighted by Gasteiger charge is -2.19. The first-order valence-electron chi connectivity index (χ1n) is 9.08. The van der Waals surface area contributed by atoms with Crippen LogP contribution in [0.1, 0.15) is 40.0 Å². The number of nitrogens with zero attached hydrogens (tertiary/aromatic N) is 2. The molecule has 0 saturated carbocycles. The fourth-order valence-corrected chi connectivity index (χ4v) is 3.20. The predicted octanol–water partition coefficient (Wildman–Crippen LogP) is 3.71. The molecule has 0 bridgehead atoms. The van der Waals surface area contributed by atoms with Crippen molar-refractivity contribution in [3.8, 4) is 0 Å². The Hall–Kier alpha value is -2.87. The average molecular weight is 405 g/mol. The van der Waals surface area contributed by atoms with E-state index in [1.807, 2.05) is 38.1 Å². The van der Waals surface area contributed by atoms with Crippen molar-refractivity contribution >= 4 is 17.4 Å². The van der Waals surface area contributed by atoms with Crippen LogP contribution in [0.15, 0.2) is 47.5 Å². The molecule has 0 heterocycles. The van der Waals surface area contributed by atoms with E-state index in [0.29, 0.717) is 17.7 Å². The van der Waals surface area contributed by atoms with E-state index in [-0.39, 0.29) is 5.56 Å². The number of amides is 1. The molecule has 0 aromatic heterocycles. The number of amidine groups is 1. The highest BCUT2D eigenvalue weighted by Gasteiger charge is 2.34. The summed E-state index contributed by atoms with van der Waals surface area (Å²) in [6.45, 7) is 1.86. The highest BCUT2D eigenvalue weighted by atomic mass is 19.4. The summed E-state index contributed by atoms with van der Waals surface area (Å²) in [5.41, 5.74) is 1.24. The first-order valence-corrected chi connectivity index (χ1v) is 9.08. The van der Waals surface area contributed by atoms with Gasteiger partial charge in [0.1, 0.15) is 5.84 Å². The zero-order valence-electron chi connectivity index (χ0n) is 16.3. The third kappa shape index (κ3) is 4.59. The molecule has 2 unspecified atom stereocenters. The van der Waals surface area contributed by atoms with Gasteiger partial charge >= 0.3 is 6.18 Å². The number of hydrogen-bond donors (Lipinski definition) is 2. The highest BCUT2D eigenvalue weighted by molar-refractivity contribution is 5.94. The topological polar surface area (TPSA) is 64.9 Å². The summed E-state index contributed by atoms with van der Waals surface area (Å²) in [7, 11) is 3.74. The molecule has 154 valence electrons. The molecule has 3 rings (SSSR count). The van der Waals surface area contributed by atoms with E-state index in [4.69, 9.17) is 0 Å². The molecule has 0 spiro atoms. The van der Waals surface area contributed by atoms with Crippen LogP contribution in [0.25, 0.3) is 0 Å². The second-order valence-corrected chi connectivity index (χ2v) is 7.24. The number of alkyl halides is 3. The molecule has 1 aliphatic carbocycles. The molecule has 8 heteroatoms. The van der Waals surface area contributed by atoms with Crippen LogP contribution in [0, 0.1) is 0 Å². The third-order valence-electron chi connectivity index (χ3n) is 4.96. The van der Waals surface area contributed by atoms with Crippen LogP contribution in [0.3, 0.4) is 0 Å². The van der Waals surface area contributed by atoms with Gasteiger partial charge < -0.3 is 15.3 Å². The van der Waals surface area contributed by atoms with Crippen molar-refractivity contribution in [3.63, 3.8) is 0 Å². The van der Waals surface area contributed by atoms with Crippen molar-refractivity contribution in [2.75, 3.05) is 14.1 Å². The fourth-order valence-electron chi connectivity index (χ4n) is 3.20. The summed E-state index contributed by atoms with van der Waals surface area (Å²) in [5, 5.41) is 13.1. The monoisotopic (exact) mass is 405 g/mol. The number of carbonyl (C=O) groups excluding carboxylic acids is 1. The molecule has 1 aliphatic rings. The minimum Gasteiger partial charge on any atom is -0.390 e. The van der Waals surface area contributed by atoms with Gasteiger partial charge in [0.25, 0.3) is 5.91 Å². The normalized spacial score (nSPS) is 19.1. The third-order valence-corrected chi connectivity index (χ3v) is 4.96. The molecule has 2 atom stereocenters. The number of fused-ring (bicyclic) bond motifs is 1. The number of halogens is 3. The molecule has 0 radical (unpaired) electrons. The van der Waals surface area contributed by atoms with E-state index in [1.165, 1.54) is 12.1 Å². The van der Waals surface area contributed by atoms with E-state index >= 15 is 0 Å². The molecule has 2 aromatic rings. The lowest BCUT2D eigenvalue weighted by atomic mass is 10.1. The Morgan fingerprint density at radius 2 is 1.93 bits per heavy atom. The average Bonchev–Trinajstić information content (AvgIpc) is 2.96. The molecule has 0 fully saturated rings. The van der Waals surface area contributed by atoms with Gasteiger partial charge in [-0.05, 0) is 48.4 Å². The number of benzene rings is 2. The predicted molar refractivity (Wildman–Crippen MR) is 104 cm³/mol. The fraction of sp³-hybridized carbons (Fsp3) is 0.333. The smallest absolute Gasteiger partial charge is 0.390 e. The Morgan fingerprint density at radius 1 is 1.21 bits per heavy atom. The van der Waals surface area contributed by atoms with Crippen molar-refractivity contribution < 1.29 is 23.1 Å². The summed E-state index contributed by atoms with van der Waals surface area (Å²) in [5.74, 6) is 0.111. The van der Waals surface area contributed by atoms with Crippen molar-refractivity contribution in [2.24, 2.45) is 4.99 Å². The number of carbonyl (C=O) groups is 1. The second-order valence-electron chi connectivity index (χ2n) is 7.24. The van der Waals surface area contributed by atoms with E-state index in [0.717, 1.165) is 23.5 Å². The molecule has 2 aromatic carbocycles. The van der Waals surface area contributed by atoms with Crippen LogP contribution in [0.5, 0.6) is 0 Å². The van der Waals surface area contributed by atoms with Gasteiger partial charge in [-0.2, -0.15) is 13.2 Å². The Labute approximate surface area is 166 Å². The number of aliphatic imine (C=N–C) groups is 1. The number of aliphatic hydroxyl groups excluding tert-OH is 1. The Kier molecular flexibility index (Phi) is 5.66. The van der Waals surface area contributed by atoms with Crippen LogP contribution >= 0.6 is 0 Å². The van der Waals surface area contributed by atoms with Crippen molar-refractivity contribution in [1.82, 2.24) is 10.2 Å². The SMILES string of the molecule is CC(=Nc1ccc2c(c1)C(NC(=O)c1cccc(C(F)(F)F)c1)C(O)C2)N(C)C. The summed E-state index contributed by atoms with van der Waals surface area (Å²) < 4.78 is 38.7. The van der Waals surface area contributed by atoms with Crippen molar-refractivity contribution in [3.05, 3.63) is 64.7 Å². The maximum absolute atomic E-state index is 12.9. The maximum atomic E-state index is 12.9. The Morgan fingerprint density at radius 3 is 2.59 bits per heavy atom. The van der Waals surface area contributed by atoms with Crippen LogP contribution in [-0.2, 0) is 12.6 Å². The maximum Gasteiger partial charge on any atom is 0.416 e. The molecular formula is C21H22F3N3O2. The summed E-state index contributed by atoms with van der Waals surface area (Å²) >= 11 is 0. The quantitative estimate of drug-likeness (QED) is 0.605. The molecule has 1 amide bonds. The summed E-state index contributed by atoms with van der Waals surface area (Å²) in [6, 6.07) is 8.96. The van der Waals surface area contributed by atoms with Crippen molar-refractivity contribution in [2.45, 2.75) is 31.7 Å². The molecule has 0 aliphatic heterocycles. The molecule has 5 nitrogen and oxygen atoms in total. The van der Waals surface area contributed by atoms with Gasteiger partial charge in [0.2, 0.25) is 0 Å².